The topological polar surface area (TPSA) is 38.3 Å². The van der Waals surface area contributed by atoms with E-state index in [9.17, 15) is 4.21 Å². The molecule has 0 bridgehead atoms. The van der Waals surface area contributed by atoms with Gasteiger partial charge in [0.1, 0.15) is 5.75 Å². The van der Waals surface area contributed by atoms with Crippen LogP contribution >= 0.6 is 0 Å². The highest BCUT2D eigenvalue weighted by Gasteiger charge is 2.16. The van der Waals surface area contributed by atoms with Crippen molar-refractivity contribution in [1.82, 2.24) is 5.32 Å². The molecule has 18 heavy (non-hydrogen) atoms. The summed E-state index contributed by atoms with van der Waals surface area (Å²) in [5, 5.41) is 3.49. The number of rotatable bonds is 7. The van der Waals surface area contributed by atoms with Crippen molar-refractivity contribution < 1.29 is 8.95 Å². The first-order chi connectivity index (χ1) is 8.58. The van der Waals surface area contributed by atoms with E-state index in [4.69, 9.17) is 4.74 Å². The molecular formula is C14H23NO2S. The molecule has 0 amide bonds. The lowest BCUT2D eigenvalue weighted by molar-refractivity contribution is 0.414. The Morgan fingerprint density at radius 2 is 1.89 bits per heavy atom. The first-order valence-electron chi connectivity index (χ1n) is 6.36. The van der Waals surface area contributed by atoms with Crippen LogP contribution in [0.3, 0.4) is 0 Å². The summed E-state index contributed by atoms with van der Waals surface area (Å²) in [7, 11) is 0.674. The average Bonchev–Trinajstić information content (AvgIpc) is 2.38. The molecule has 0 aliphatic rings. The van der Waals surface area contributed by atoms with E-state index in [0.717, 1.165) is 23.6 Å². The van der Waals surface area contributed by atoms with Crippen molar-refractivity contribution in [1.29, 1.82) is 0 Å². The molecule has 0 aromatic heterocycles. The van der Waals surface area contributed by atoms with Gasteiger partial charge in [0.15, 0.2) is 0 Å². The molecule has 0 saturated carbocycles. The Bertz CT molecular complexity index is 378. The quantitative estimate of drug-likeness (QED) is 0.827. The molecule has 1 aromatic carbocycles. The van der Waals surface area contributed by atoms with E-state index >= 15 is 0 Å². The van der Waals surface area contributed by atoms with Gasteiger partial charge in [0, 0.05) is 16.2 Å². The molecule has 3 nitrogen and oxygen atoms in total. The summed E-state index contributed by atoms with van der Waals surface area (Å²) in [4.78, 5) is 0.868. The number of benzene rings is 1. The maximum atomic E-state index is 12.3. The fourth-order valence-corrected chi connectivity index (χ4v) is 3.29. The van der Waals surface area contributed by atoms with Crippen LogP contribution in [0.15, 0.2) is 29.2 Å². The molecule has 0 saturated heterocycles. The van der Waals surface area contributed by atoms with Crippen LogP contribution in [0.25, 0.3) is 0 Å². The SMILES string of the molecule is CCNC(C)CC(C)S(=O)c1ccc(OC)cc1. The Labute approximate surface area is 112 Å². The summed E-state index contributed by atoms with van der Waals surface area (Å²) in [6.07, 6.45) is 0.909. The minimum atomic E-state index is -0.958. The molecule has 0 heterocycles. The van der Waals surface area contributed by atoms with Gasteiger partial charge in [-0.3, -0.25) is 4.21 Å². The highest BCUT2D eigenvalue weighted by Crippen LogP contribution is 2.18. The molecule has 1 rings (SSSR count). The number of methoxy groups -OCH3 is 1. The lowest BCUT2D eigenvalue weighted by Crippen LogP contribution is -2.30. The van der Waals surface area contributed by atoms with Crippen LogP contribution in [0.1, 0.15) is 27.2 Å². The first kappa shape index (κ1) is 15.2. The van der Waals surface area contributed by atoms with Crippen molar-refractivity contribution in [3.63, 3.8) is 0 Å². The predicted octanol–water partition coefficient (Wildman–Crippen LogP) is 2.58. The van der Waals surface area contributed by atoms with E-state index in [1.54, 1.807) is 7.11 Å². The van der Waals surface area contributed by atoms with Gasteiger partial charge in [-0.2, -0.15) is 0 Å². The number of hydrogen-bond acceptors (Lipinski definition) is 3. The van der Waals surface area contributed by atoms with E-state index in [2.05, 4.69) is 19.2 Å². The second-order valence-corrected chi connectivity index (χ2v) is 6.35. The summed E-state index contributed by atoms with van der Waals surface area (Å²) in [5.74, 6) is 0.796. The lowest BCUT2D eigenvalue weighted by atomic mass is 10.2. The Balaban J connectivity index is 2.62. The molecule has 3 atom stereocenters. The van der Waals surface area contributed by atoms with Gasteiger partial charge in [-0.25, -0.2) is 0 Å². The molecule has 0 spiro atoms. The standard InChI is InChI=1S/C14H23NO2S/c1-5-15-11(2)10-12(3)18(16)14-8-6-13(17-4)7-9-14/h6-9,11-12,15H,5,10H2,1-4H3. The minimum absolute atomic E-state index is 0.146. The predicted molar refractivity (Wildman–Crippen MR) is 76.6 cm³/mol. The summed E-state index contributed by atoms with van der Waals surface area (Å²) in [6.45, 7) is 7.20. The third kappa shape index (κ3) is 4.42. The van der Waals surface area contributed by atoms with Crippen LogP contribution in [0.5, 0.6) is 5.75 Å². The van der Waals surface area contributed by atoms with Gasteiger partial charge in [-0.1, -0.05) is 13.8 Å². The molecule has 102 valence electrons. The maximum absolute atomic E-state index is 12.3. The Morgan fingerprint density at radius 1 is 1.28 bits per heavy atom. The highest BCUT2D eigenvalue weighted by atomic mass is 32.2. The molecule has 0 aliphatic carbocycles. The molecular weight excluding hydrogens is 246 g/mol. The Hall–Kier alpha value is -0.870. The first-order valence-corrected chi connectivity index (χ1v) is 7.57. The average molecular weight is 269 g/mol. The van der Waals surface area contributed by atoms with E-state index < -0.39 is 10.8 Å². The van der Waals surface area contributed by atoms with Crippen molar-refractivity contribution in [3.05, 3.63) is 24.3 Å². The largest absolute Gasteiger partial charge is 0.497 e. The van der Waals surface area contributed by atoms with E-state index in [-0.39, 0.29) is 5.25 Å². The monoisotopic (exact) mass is 269 g/mol. The van der Waals surface area contributed by atoms with Gasteiger partial charge in [0.25, 0.3) is 0 Å². The van der Waals surface area contributed by atoms with Crippen LogP contribution in [0, 0.1) is 0 Å². The van der Waals surface area contributed by atoms with E-state index in [1.165, 1.54) is 0 Å². The maximum Gasteiger partial charge on any atom is 0.118 e. The van der Waals surface area contributed by atoms with E-state index in [0.29, 0.717) is 6.04 Å². The van der Waals surface area contributed by atoms with Crippen LogP contribution in [0.4, 0.5) is 0 Å². The number of ether oxygens (including phenoxy) is 1. The molecule has 1 aromatic rings. The fourth-order valence-electron chi connectivity index (χ4n) is 1.96. The fraction of sp³-hybridized carbons (Fsp3) is 0.571. The molecule has 4 heteroatoms. The molecule has 3 unspecified atom stereocenters. The van der Waals surface area contributed by atoms with Crippen LogP contribution in [-0.2, 0) is 10.8 Å². The van der Waals surface area contributed by atoms with Gasteiger partial charge in [0.05, 0.1) is 17.9 Å². The number of nitrogens with one attached hydrogen (secondary N) is 1. The van der Waals surface area contributed by atoms with E-state index in [1.807, 2.05) is 31.2 Å². The summed E-state index contributed by atoms with van der Waals surface area (Å²) < 4.78 is 17.4. The van der Waals surface area contributed by atoms with Crippen molar-refractivity contribution in [3.8, 4) is 5.75 Å². The summed E-state index contributed by atoms with van der Waals surface area (Å²) >= 11 is 0. The van der Waals surface area contributed by atoms with Crippen molar-refractivity contribution in [2.24, 2.45) is 0 Å². The zero-order valence-electron chi connectivity index (χ0n) is 11.6. The van der Waals surface area contributed by atoms with Gasteiger partial charge in [0.2, 0.25) is 0 Å². The highest BCUT2D eigenvalue weighted by molar-refractivity contribution is 7.85. The second-order valence-electron chi connectivity index (χ2n) is 4.48. The molecule has 0 fully saturated rings. The normalized spacial score (nSPS) is 16.0. The molecule has 1 N–H and O–H groups in total. The van der Waals surface area contributed by atoms with Gasteiger partial charge in [-0.15, -0.1) is 0 Å². The zero-order chi connectivity index (χ0) is 13.5. The van der Waals surface area contributed by atoms with Crippen molar-refractivity contribution in [2.45, 2.75) is 43.4 Å². The second kappa shape index (κ2) is 7.54. The van der Waals surface area contributed by atoms with Crippen molar-refractivity contribution >= 4 is 10.8 Å². The summed E-state index contributed by atoms with van der Waals surface area (Å²) in [5.41, 5.74) is 0. The molecule has 0 radical (unpaired) electrons. The third-order valence-electron chi connectivity index (χ3n) is 2.90. The van der Waals surface area contributed by atoms with Crippen molar-refractivity contribution in [2.75, 3.05) is 13.7 Å². The van der Waals surface area contributed by atoms with Gasteiger partial charge < -0.3 is 10.1 Å². The lowest BCUT2D eigenvalue weighted by Gasteiger charge is -2.17. The van der Waals surface area contributed by atoms with Crippen LogP contribution < -0.4 is 10.1 Å². The third-order valence-corrected chi connectivity index (χ3v) is 4.56. The minimum Gasteiger partial charge on any atom is -0.497 e. The van der Waals surface area contributed by atoms with Crippen LogP contribution in [0.2, 0.25) is 0 Å². The summed E-state index contributed by atoms with van der Waals surface area (Å²) in [6, 6.07) is 7.86. The Kier molecular flexibility index (Phi) is 6.36. The molecule has 0 aliphatic heterocycles. The zero-order valence-corrected chi connectivity index (χ0v) is 12.4. The van der Waals surface area contributed by atoms with Gasteiger partial charge >= 0.3 is 0 Å². The Morgan fingerprint density at radius 3 is 2.39 bits per heavy atom. The smallest absolute Gasteiger partial charge is 0.118 e. The van der Waals surface area contributed by atoms with Gasteiger partial charge in [-0.05, 0) is 44.2 Å². The number of hydrogen-bond donors (Lipinski definition) is 1. The van der Waals surface area contributed by atoms with Crippen LogP contribution in [-0.4, -0.2) is 29.2 Å².